The summed E-state index contributed by atoms with van der Waals surface area (Å²) in [5.41, 5.74) is 1.87. The normalized spacial score (nSPS) is 17.3. The number of carbonyl (C=O) groups is 2. The molecule has 5 rings (SSSR count). The highest BCUT2D eigenvalue weighted by molar-refractivity contribution is 6.00. The van der Waals surface area contributed by atoms with Gasteiger partial charge in [0.2, 0.25) is 5.91 Å². The molecule has 1 atom stereocenters. The van der Waals surface area contributed by atoms with Gasteiger partial charge in [-0.15, -0.1) is 0 Å². The average molecular weight is 473 g/mol. The molecule has 0 aliphatic carbocycles. The molecule has 0 bridgehead atoms. The summed E-state index contributed by atoms with van der Waals surface area (Å²) in [6, 6.07) is 19.2. The lowest BCUT2D eigenvalue weighted by molar-refractivity contribution is -0.133. The van der Waals surface area contributed by atoms with E-state index in [9.17, 15) is 14.0 Å². The molecule has 1 aliphatic rings. The predicted molar refractivity (Wildman–Crippen MR) is 128 cm³/mol. The number of halogens is 1. The minimum absolute atomic E-state index is 0.0545. The maximum atomic E-state index is 14.6. The van der Waals surface area contributed by atoms with Crippen LogP contribution in [0.2, 0.25) is 0 Å². The molecule has 0 saturated carbocycles. The van der Waals surface area contributed by atoms with Crippen LogP contribution in [0, 0.1) is 12.7 Å². The molecular formula is C27H25FN4O3. The Labute approximate surface area is 202 Å². The van der Waals surface area contributed by atoms with Crippen LogP contribution < -0.4 is 5.32 Å². The van der Waals surface area contributed by atoms with Gasteiger partial charge >= 0.3 is 0 Å². The molecule has 178 valence electrons. The number of benzene rings is 2. The van der Waals surface area contributed by atoms with Gasteiger partial charge in [-0.1, -0.05) is 42.5 Å². The molecular weight excluding hydrogens is 447 g/mol. The van der Waals surface area contributed by atoms with E-state index in [1.54, 1.807) is 43.3 Å². The standard InChI is InChI=1S/C27H25FN4O3/c1-18-8-3-4-9-19(18)15-29-26(34)27(2)17-32-23(14-22(30-32)24-12-7-13-35-24)25(33)31(27)16-20-10-5-6-11-21(20)28/h3-14H,15-17H2,1-2H3,(H,29,34)/t27-/m1/s1. The molecule has 3 heterocycles. The van der Waals surface area contributed by atoms with Crippen LogP contribution in [-0.2, 0) is 24.4 Å². The largest absolute Gasteiger partial charge is 0.463 e. The number of rotatable bonds is 6. The number of fused-ring (bicyclic) bond motifs is 1. The summed E-state index contributed by atoms with van der Waals surface area (Å²) in [5, 5.41) is 7.51. The van der Waals surface area contributed by atoms with Crippen molar-refractivity contribution < 1.29 is 18.4 Å². The molecule has 2 aromatic heterocycles. The second-order valence-corrected chi connectivity index (χ2v) is 8.92. The van der Waals surface area contributed by atoms with Crippen LogP contribution in [0.4, 0.5) is 4.39 Å². The Balaban J connectivity index is 1.51. The van der Waals surface area contributed by atoms with Gasteiger partial charge in [-0.05, 0) is 43.2 Å². The SMILES string of the molecule is Cc1ccccc1CNC(=O)[C@@]1(C)Cn2nc(-c3ccco3)cc2C(=O)N1Cc1ccccc1F. The number of amides is 2. The summed E-state index contributed by atoms with van der Waals surface area (Å²) in [7, 11) is 0. The number of carbonyl (C=O) groups excluding carboxylic acids is 2. The summed E-state index contributed by atoms with van der Waals surface area (Å²) < 4.78 is 21.5. The van der Waals surface area contributed by atoms with E-state index in [1.165, 1.54) is 21.9 Å². The Hall–Kier alpha value is -4.20. The molecule has 0 saturated heterocycles. The molecule has 0 unspecified atom stereocenters. The van der Waals surface area contributed by atoms with Gasteiger partial charge in [0.15, 0.2) is 5.76 Å². The first kappa shape index (κ1) is 22.6. The summed E-state index contributed by atoms with van der Waals surface area (Å²) in [4.78, 5) is 28.8. The fourth-order valence-electron chi connectivity index (χ4n) is 4.41. The number of nitrogens with zero attached hydrogens (tertiary/aromatic N) is 3. The maximum Gasteiger partial charge on any atom is 0.273 e. The van der Waals surface area contributed by atoms with Gasteiger partial charge in [0.1, 0.15) is 22.7 Å². The molecule has 1 aliphatic heterocycles. The van der Waals surface area contributed by atoms with Crippen LogP contribution in [0.25, 0.3) is 11.5 Å². The fraction of sp³-hybridized carbons (Fsp3) is 0.222. The van der Waals surface area contributed by atoms with Gasteiger partial charge in [-0.3, -0.25) is 14.3 Å². The van der Waals surface area contributed by atoms with E-state index in [-0.39, 0.29) is 19.0 Å². The van der Waals surface area contributed by atoms with Crippen molar-refractivity contribution in [2.45, 2.75) is 39.0 Å². The van der Waals surface area contributed by atoms with E-state index < -0.39 is 17.3 Å². The third-order valence-electron chi connectivity index (χ3n) is 6.55. The second-order valence-electron chi connectivity index (χ2n) is 8.92. The first-order chi connectivity index (χ1) is 16.9. The van der Waals surface area contributed by atoms with Gasteiger partial charge in [0.25, 0.3) is 5.91 Å². The first-order valence-corrected chi connectivity index (χ1v) is 11.4. The zero-order valence-electron chi connectivity index (χ0n) is 19.5. The molecule has 2 amide bonds. The van der Waals surface area contributed by atoms with Crippen molar-refractivity contribution in [3.8, 4) is 11.5 Å². The summed E-state index contributed by atoms with van der Waals surface area (Å²) in [6.07, 6.45) is 1.53. The van der Waals surface area contributed by atoms with Crippen molar-refractivity contribution in [3.05, 3.63) is 101 Å². The van der Waals surface area contributed by atoms with Crippen molar-refractivity contribution in [1.82, 2.24) is 20.0 Å². The molecule has 0 spiro atoms. The maximum absolute atomic E-state index is 14.6. The highest BCUT2D eigenvalue weighted by Crippen LogP contribution is 2.32. The molecule has 35 heavy (non-hydrogen) atoms. The summed E-state index contributed by atoms with van der Waals surface area (Å²) in [5.74, 6) is -0.658. The predicted octanol–water partition coefficient (Wildman–Crippen LogP) is 4.32. The Morgan fingerprint density at radius 1 is 1.11 bits per heavy atom. The minimum Gasteiger partial charge on any atom is -0.463 e. The van der Waals surface area contributed by atoms with E-state index in [0.717, 1.165) is 11.1 Å². The van der Waals surface area contributed by atoms with Gasteiger partial charge < -0.3 is 14.6 Å². The molecule has 0 radical (unpaired) electrons. The van der Waals surface area contributed by atoms with E-state index in [0.29, 0.717) is 29.3 Å². The number of hydrogen-bond acceptors (Lipinski definition) is 4. The van der Waals surface area contributed by atoms with Gasteiger partial charge in [0.05, 0.1) is 19.4 Å². The first-order valence-electron chi connectivity index (χ1n) is 11.4. The summed E-state index contributed by atoms with van der Waals surface area (Å²) in [6.45, 7) is 4.04. The van der Waals surface area contributed by atoms with Crippen LogP contribution in [-0.4, -0.2) is 32.0 Å². The average Bonchev–Trinajstić information content (AvgIpc) is 3.52. The van der Waals surface area contributed by atoms with Gasteiger partial charge in [0, 0.05) is 18.2 Å². The Bertz CT molecular complexity index is 1400. The number of aromatic nitrogens is 2. The van der Waals surface area contributed by atoms with Crippen molar-refractivity contribution in [1.29, 1.82) is 0 Å². The smallest absolute Gasteiger partial charge is 0.273 e. The molecule has 0 fully saturated rings. The Morgan fingerprint density at radius 2 is 1.86 bits per heavy atom. The van der Waals surface area contributed by atoms with Crippen LogP contribution in [0.15, 0.2) is 77.4 Å². The van der Waals surface area contributed by atoms with Crippen LogP contribution in [0.1, 0.15) is 34.1 Å². The number of aryl methyl sites for hydroxylation is 1. The van der Waals surface area contributed by atoms with Crippen molar-refractivity contribution in [2.75, 3.05) is 0 Å². The van der Waals surface area contributed by atoms with Gasteiger partial charge in [-0.2, -0.15) is 5.10 Å². The second kappa shape index (κ2) is 8.87. The Morgan fingerprint density at radius 3 is 2.57 bits per heavy atom. The summed E-state index contributed by atoms with van der Waals surface area (Å²) >= 11 is 0. The number of furan rings is 1. The molecule has 8 heteroatoms. The van der Waals surface area contributed by atoms with Crippen LogP contribution >= 0.6 is 0 Å². The van der Waals surface area contributed by atoms with Crippen LogP contribution in [0.3, 0.4) is 0 Å². The van der Waals surface area contributed by atoms with E-state index >= 15 is 0 Å². The fourth-order valence-corrected chi connectivity index (χ4v) is 4.41. The number of nitrogens with one attached hydrogen (secondary N) is 1. The zero-order valence-corrected chi connectivity index (χ0v) is 19.5. The van der Waals surface area contributed by atoms with E-state index in [1.807, 2.05) is 31.2 Å². The van der Waals surface area contributed by atoms with Crippen molar-refractivity contribution in [3.63, 3.8) is 0 Å². The molecule has 4 aromatic rings. The van der Waals surface area contributed by atoms with Crippen LogP contribution in [0.5, 0.6) is 0 Å². The molecule has 7 nitrogen and oxygen atoms in total. The van der Waals surface area contributed by atoms with Crippen molar-refractivity contribution >= 4 is 11.8 Å². The highest BCUT2D eigenvalue weighted by Gasteiger charge is 2.48. The highest BCUT2D eigenvalue weighted by atomic mass is 19.1. The number of hydrogen-bond donors (Lipinski definition) is 1. The lowest BCUT2D eigenvalue weighted by Crippen LogP contribution is -2.63. The monoisotopic (exact) mass is 472 g/mol. The third-order valence-corrected chi connectivity index (χ3v) is 6.55. The topological polar surface area (TPSA) is 80.4 Å². The van der Waals surface area contributed by atoms with Gasteiger partial charge in [-0.25, -0.2) is 4.39 Å². The van der Waals surface area contributed by atoms with Crippen molar-refractivity contribution in [2.24, 2.45) is 0 Å². The lowest BCUT2D eigenvalue weighted by atomic mass is 9.93. The molecule has 1 N–H and O–H groups in total. The zero-order chi connectivity index (χ0) is 24.6. The van der Waals surface area contributed by atoms with E-state index in [4.69, 9.17) is 4.42 Å². The van der Waals surface area contributed by atoms with E-state index in [2.05, 4.69) is 10.4 Å². The Kier molecular flexibility index (Phi) is 5.72. The lowest BCUT2D eigenvalue weighted by Gasteiger charge is -2.43. The quantitative estimate of drug-likeness (QED) is 0.453. The third kappa shape index (κ3) is 4.12. The molecule has 2 aromatic carbocycles. The minimum atomic E-state index is -1.30.